The fourth-order valence-corrected chi connectivity index (χ4v) is 2.37. The average molecular weight is 499 g/mol. The van der Waals surface area contributed by atoms with Crippen molar-refractivity contribution in [2.75, 3.05) is 32.1 Å². The molecule has 0 bridgehead atoms. The van der Waals surface area contributed by atoms with Crippen LogP contribution in [0.2, 0.25) is 0 Å². The first kappa shape index (κ1) is 23.5. The molecule has 152 valence electrons. The molecule has 0 unspecified atom stereocenters. The van der Waals surface area contributed by atoms with Crippen LogP contribution in [0.15, 0.2) is 53.5 Å². The van der Waals surface area contributed by atoms with E-state index >= 15 is 0 Å². The third-order valence-electron chi connectivity index (χ3n) is 3.72. The van der Waals surface area contributed by atoms with Crippen molar-refractivity contribution in [1.82, 2.24) is 10.6 Å². The Bertz CT molecular complexity index is 768. The molecule has 0 spiro atoms. The van der Waals surface area contributed by atoms with Gasteiger partial charge in [-0.25, -0.2) is 4.99 Å². The predicted octanol–water partition coefficient (Wildman–Crippen LogP) is 3.39. The lowest BCUT2D eigenvalue weighted by atomic mass is 10.2. The van der Waals surface area contributed by atoms with E-state index in [0.29, 0.717) is 19.6 Å². The molecule has 0 aliphatic heterocycles. The van der Waals surface area contributed by atoms with Crippen molar-refractivity contribution in [3.05, 3.63) is 64.2 Å². The summed E-state index contributed by atoms with van der Waals surface area (Å²) in [5.74, 6) is 1.54. The number of methoxy groups -OCH3 is 1. The second-order valence-corrected chi connectivity index (χ2v) is 5.70. The van der Waals surface area contributed by atoms with Gasteiger partial charge in [-0.1, -0.05) is 12.1 Å². The minimum absolute atomic E-state index is 0. The summed E-state index contributed by atoms with van der Waals surface area (Å²) < 4.78 is 5.23. The second kappa shape index (κ2) is 12.8. The molecular weight excluding hydrogens is 473 g/mol. The fraction of sp³-hybridized carbons (Fsp3) is 0.316. The van der Waals surface area contributed by atoms with Crippen molar-refractivity contribution >= 4 is 41.3 Å². The van der Waals surface area contributed by atoms with Gasteiger partial charge in [0.25, 0.3) is 5.69 Å². The van der Waals surface area contributed by atoms with Crippen LogP contribution in [0, 0.1) is 10.1 Å². The number of halogens is 1. The summed E-state index contributed by atoms with van der Waals surface area (Å²) in [5.41, 5.74) is 1.98. The van der Waals surface area contributed by atoms with Gasteiger partial charge < -0.3 is 20.7 Å². The molecule has 2 aromatic rings. The minimum Gasteiger partial charge on any atom is -0.497 e. The van der Waals surface area contributed by atoms with Gasteiger partial charge in [0.1, 0.15) is 5.75 Å². The summed E-state index contributed by atoms with van der Waals surface area (Å²) in [6.07, 6.45) is 0. The van der Waals surface area contributed by atoms with E-state index in [4.69, 9.17) is 4.74 Å². The Morgan fingerprint density at radius 3 is 2.54 bits per heavy atom. The normalized spacial score (nSPS) is 10.6. The number of guanidine groups is 1. The van der Waals surface area contributed by atoms with E-state index in [1.165, 1.54) is 12.1 Å². The van der Waals surface area contributed by atoms with E-state index in [1.807, 2.05) is 31.2 Å². The van der Waals surface area contributed by atoms with Gasteiger partial charge >= 0.3 is 0 Å². The molecule has 2 rings (SSSR count). The van der Waals surface area contributed by atoms with Crippen LogP contribution in [0.5, 0.6) is 5.75 Å². The van der Waals surface area contributed by atoms with E-state index in [2.05, 4.69) is 20.9 Å². The average Bonchev–Trinajstić information content (AvgIpc) is 2.69. The van der Waals surface area contributed by atoms with Crippen molar-refractivity contribution in [3.63, 3.8) is 0 Å². The van der Waals surface area contributed by atoms with Gasteiger partial charge in [0.15, 0.2) is 5.96 Å². The number of nitro groups is 1. The highest BCUT2D eigenvalue weighted by Gasteiger charge is 2.03. The Hall–Kier alpha value is -2.56. The Balaban J connectivity index is 0.00000392. The summed E-state index contributed by atoms with van der Waals surface area (Å²) in [5, 5.41) is 20.3. The van der Waals surface area contributed by atoms with Crippen LogP contribution in [-0.4, -0.2) is 37.6 Å². The Labute approximate surface area is 181 Å². The highest BCUT2D eigenvalue weighted by Crippen LogP contribution is 2.15. The van der Waals surface area contributed by atoms with Gasteiger partial charge in [-0.15, -0.1) is 24.0 Å². The number of rotatable bonds is 9. The third-order valence-corrected chi connectivity index (χ3v) is 3.72. The molecule has 0 saturated carbocycles. The van der Waals surface area contributed by atoms with Gasteiger partial charge in [0, 0.05) is 37.5 Å². The molecule has 9 heteroatoms. The molecule has 2 aromatic carbocycles. The number of non-ortho nitro benzene ring substituents is 1. The van der Waals surface area contributed by atoms with Gasteiger partial charge in [-0.3, -0.25) is 10.1 Å². The molecule has 0 fully saturated rings. The van der Waals surface area contributed by atoms with Crippen LogP contribution >= 0.6 is 24.0 Å². The molecule has 0 aliphatic rings. The van der Waals surface area contributed by atoms with Crippen LogP contribution in [0.25, 0.3) is 0 Å². The first-order chi connectivity index (χ1) is 13.1. The summed E-state index contributed by atoms with van der Waals surface area (Å²) >= 11 is 0. The monoisotopic (exact) mass is 499 g/mol. The van der Waals surface area contributed by atoms with Crippen LogP contribution in [-0.2, 0) is 6.54 Å². The molecular formula is C19H26IN5O3. The molecule has 0 atom stereocenters. The largest absolute Gasteiger partial charge is 0.497 e. The molecule has 8 nitrogen and oxygen atoms in total. The number of hydrogen-bond donors (Lipinski definition) is 3. The van der Waals surface area contributed by atoms with Crippen molar-refractivity contribution in [2.45, 2.75) is 13.5 Å². The molecule has 3 N–H and O–H groups in total. The molecule has 0 saturated heterocycles. The predicted molar refractivity (Wildman–Crippen MR) is 123 cm³/mol. The number of hydrogen-bond acceptors (Lipinski definition) is 5. The molecule has 0 aliphatic carbocycles. The van der Waals surface area contributed by atoms with Crippen molar-refractivity contribution in [3.8, 4) is 5.75 Å². The summed E-state index contributed by atoms with van der Waals surface area (Å²) in [4.78, 5) is 14.8. The van der Waals surface area contributed by atoms with Crippen LogP contribution < -0.4 is 20.7 Å². The number of nitro benzene ring substituents is 1. The van der Waals surface area contributed by atoms with E-state index < -0.39 is 4.92 Å². The number of anilines is 1. The second-order valence-electron chi connectivity index (χ2n) is 5.70. The quantitative estimate of drug-likeness (QED) is 0.122. The Morgan fingerprint density at radius 1 is 1.14 bits per heavy atom. The van der Waals surface area contributed by atoms with Crippen LogP contribution in [0.4, 0.5) is 11.4 Å². The summed E-state index contributed by atoms with van der Waals surface area (Å²) in [7, 11) is 1.64. The number of benzene rings is 2. The van der Waals surface area contributed by atoms with E-state index in [0.717, 1.165) is 29.5 Å². The number of nitrogens with one attached hydrogen (secondary N) is 3. The standard InChI is InChI=1S/C19H25N5O3.HI/c1-3-20-19(23-14-15-5-4-6-18(13-15)27-2)22-12-11-21-16-7-9-17(10-8-16)24(25)26;/h4-10,13,21H,3,11-12,14H2,1-2H3,(H2,20,22,23);1H. The zero-order chi connectivity index (χ0) is 19.5. The lowest BCUT2D eigenvalue weighted by molar-refractivity contribution is -0.384. The number of nitrogens with zero attached hydrogens (tertiary/aromatic N) is 2. The maximum atomic E-state index is 10.7. The van der Waals surface area contributed by atoms with Crippen LogP contribution in [0.3, 0.4) is 0 Å². The maximum Gasteiger partial charge on any atom is 0.269 e. The molecule has 0 amide bonds. The zero-order valence-electron chi connectivity index (χ0n) is 16.0. The first-order valence-electron chi connectivity index (χ1n) is 8.76. The molecule has 0 aromatic heterocycles. The lowest BCUT2D eigenvalue weighted by Crippen LogP contribution is -2.39. The van der Waals surface area contributed by atoms with Crippen molar-refractivity contribution in [1.29, 1.82) is 0 Å². The SMILES string of the molecule is CCNC(=NCc1cccc(OC)c1)NCCNc1ccc([N+](=O)[O-])cc1.I. The van der Waals surface area contributed by atoms with Gasteiger partial charge in [0.05, 0.1) is 18.6 Å². The highest BCUT2D eigenvalue weighted by atomic mass is 127. The smallest absolute Gasteiger partial charge is 0.269 e. The zero-order valence-corrected chi connectivity index (χ0v) is 18.3. The number of ether oxygens (including phenoxy) is 1. The molecule has 0 heterocycles. The first-order valence-corrected chi connectivity index (χ1v) is 8.76. The van der Waals surface area contributed by atoms with Crippen molar-refractivity contribution < 1.29 is 9.66 Å². The third kappa shape index (κ3) is 7.99. The Kier molecular flexibility index (Phi) is 10.7. The fourth-order valence-electron chi connectivity index (χ4n) is 2.37. The van der Waals surface area contributed by atoms with Gasteiger partial charge in [-0.05, 0) is 36.8 Å². The van der Waals surface area contributed by atoms with Gasteiger partial charge in [-0.2, -0.15) is 0 Å². The van der Waals surface area contributed by atoms with Crippen molar-refractivity contribution in [2.24, 2.45) is 4.99 Å². The van der Waals surface area contributed by atoms with Crippen LogP contribution in [0.1, 0.15) is 12.5 Å². The van der Waals surface area contributed by atoms with E-state index in [9.17, 15) is 10.1 Å². The summed E-state index contributed by atoms with van der Waals surface area (Å²) in [6.45, 7) is 4.63. The Morgan fingerprint density at radius 2 is 1.89 bits per heavy atom. The number of aliphatic imine (C=N–C) groups is 1. The minimum atomic E-state index is -0.410. The highest BCUT2D eigenvalue weighted by molar-refractivity contribution is 14.0. The van der Waals surface area contributed by atoms with E-state index in [-0.39, 0.29) is 29.7 Å². The summed E-state index contributed by atoms with van der Waals surface area (Å²) in [6, 6.07) is 14.2. The maximum absolute atomic E-state index is 10.7. The van der Waals surface area contributed by atoms with E-state index in [1.54, 1.807) is 19.2 Å². The lowest BCUT2D eigenvalue weighted by Gasteiger charge is -2.12. The topological polar surface area (TPSA) is 101 Å². The van der Waals surface area contributed by atoms with Gasteiger partial charge in [0.2, 0.25) is 0 Å². The molecule has 28 heavy (non-hydrogen) atoms. The molecule has 0 radical (unpaired) electrons.